The predicted molar refractivity (Wildman–Crippen MR) is 173 cm³/mol. The summed E-state index contributed by atoms with van der Waals surface area (Å²) in [5.74, 6) is -0.987. The number of nitrogens with zero attached hydrogens (tertiary/aromatic N) is 1. The van der Waals surface area contributed by atoms with Crippen LogP contribution in [-0.4, -0.2) is 87.9 Å². The van der Waals surface area contributed by atoms with E-state index in [1.165, 1.54) is 12.0 Å². The Hall–Kier alpha value is -3.12. The monoisotopic (exact) mass is 649 g/mol. The Kier molecular flexibility index (Phi) is 12.9. The number of rotatable bonds is 5. The number of halogens is 1. The summed E-state index contributed by atoms with van der Waals surface area (Å²) in [7, 11) is 6.29. The molecule has 45 heavy (non-hydrogen) atoms. The third kappa shape index (κ3) is 9.45. The van der Waals surface area contributed by atoms with Crippen molar-refractivity contribution in [2.24, 2.45) is 11.8 Å². The van der Waals surface area contributed by atoms with Gasteiger partial charge in [0.1, 0.15) is 23.0 Å². The van der Waals surface area contributed by atoms with Gasteiger partial charge >= 0.3 is 12.1 Å². The van der Waals surface area contributed by atoms with Gasteiger partial charge in [-0.25, -0.2) is 4.79 Å². The zero-order valence-electron chi connectivity index (χ0n) is 27.5. The van der Waals surface area contributed by atoms with Gasteiger partial charge in [0.2, 0.25) is 5.91 Å². The number of alkyl carbamates (subject to hydrolysis) is 1. The van der Waals surface area contributed by atoms with Crippen LogP contribution in [0.15, 0.2) is 35.9 Å². The zero-order chi connectivity index (χ0) is 33.5. The van der Waals surface area contributed by atoms with Crippen LogP contribution < -0.4 is 20.3 Å². The molecular formula is C33H48ClN3O8. The third-order valence-electron chi connectivity index (χ3n) is 8.78. The number of anilines is 1. The van der Waals surface area contributed by atoms with Crippen LogP contribution in [0.3, 0.4) is 0 Å². The first-order valence-electron chi connectivity index (χ1n) is 15.2. The number of amides is 2. The highest BCUT2D eigenvalue weighted by molar-refractivity contribution is 6.35. The summed E-state index contributed by atoms with van der Waals surface area (Å²) >= 11 is 6.68. The van der Waals surface area contributed by atoms with Crippen molar-refractivity contribution in [3.63, 3.8) is 0 Å². The van der Waals surface area contributed by atoms with Gasteiger partial charge in [-0.2, -0.15) is 0 Å². The lowest BCUT2D eigenvalue weighted by molar-refractivity contribution is -0.167. The smallest absolute Gasteiger partial charge is 0.407 e. The van der Waals surface area contributed by atoms with Gasteiger partial charge in [0.25, 0.3) is 0 Å². The van der Waals surface area contributed by atoms with Gasteiger partial charge in [0.15, 0.2) is 0 Å². The molecule has 250 valence electrons. The largest absolute Gasteiger partial charge is 0.495 e. The van der Waals surface area contributed by atoms with Crippen molar-refractivity contribution in [3.8, 4) is 5.75 Å². The number of nitrogens with one attached hydrogen (secondary N) is 2. The van der Waals surface area contributed by atoms with Crippen LogP contribution in [0.1, 0.15) is 52.5 Å². The summed E-state index contributed by atoms with van der Waals surface area (Å²) in [6.07, 6.45) is 4.09. The molecule has 0 spiro atoms. The quantitative estimate of drug-likeness (QED) is 0.401. The minimum Gasteiger partial charge on any atom is -0.495 e. The molecule has 2 heterocycles. The van der Waals surface area contributed by atoms with Crippen molar-refractivity contribution < 1.29 is 38.4 Å². The molecule has 7 atom stereocenters. The molecule has 1 saturated heterocycles. The maximum atomic E-state index is 13.7. The number of ether oxygens (including phenoxy) is 4. The van der Waals surface area contributed by atoms with E-state index in [0.29, 0.717) is 24.3 Å². The van der Waals surface area contributed by atoms with Crippen LogP contribution in [0, 0.1) is 11.8 Å². The lowest BCUT2D eigenvalue weighted by atomic mass is 9.77. The lowest BCUT2D eigenvalue weighted by Crippen LogP contribution is -2.54. The number of allylic oxidation sites excluding steroid dienone is 3. The van der Waals surface area contributed by atoms with Gasteiger partial charge in [0, 0.05) is 20.6 Å². The second kappa shape index (κ2) is 15.9. The molecule has 1 aromatic carbocycles. The first-order chi connectivity index (χ1) is 21.2. The van der Waals surface area contributed by atoms with Crippen molar-refractivity contribution in [3.05, 3.63) is 46.5 Å². The van der Waals surface area contributed by atoms with E-state index >= 15 is 0 Å². The Morgan fingerprint density at radius 2 is 1.98 bits per heavy atom. The van der Waals surface area contributed by atoms with E-state index in [1.54, 1.807) is 28.1 Å². The highest BCUT2D eigenvalue weighted by Gasteiger charge is 2.42. The zero-order valence-corrected chi connectivity index (χ0v) is 28.3. The third-order valence-corrected chi connectivity index (χ3v) is 9.16. The maximum absolute atomic E-state index is 13.7. The Labute approximate surface area is 271 Å². The number of benzene rings is 1. The molecule has 11 nitrogen and oxygen atoms in total. The van der Waals surface area contributed by atoms with E-state index in [1.807, 2.05) is 51.1 Å². The van der Waals surface area contributed by atoms with E-state index in [9.17, 15) is 19.5 Å². The van der Waals surface area contributed by atoms with E-state index in [0.717, 1.165) is 11.1 Å². The van der Waals surface area contributed by atoms with Gasteiger partial charge in [-0.3, -0.25) is 9.59 Å². The molecule has 0 aromatic heterocycles. The summed E-state index contributed by atoms with van der Waals surface area (Å²) in [6, 6.07) is 3.31. The minimum atomic E-state index is -1.60. The lowest BCUT2D eigenvalue weighted by Gasteiger charge is -2.40. The SMILES string of the molecule is CNCC(=O)O[C@H]1CC(=O)N(C)c2cc(cc(OC)c2Cl)C/C(C)=C/C=C/[C@@H](OC)C2C[C@H](OC(=O)N2)[C@@H](C)[C@@H](C)C[C@@]1(C)O. The Balaban J connectivity index is 2.10. The summed E-state index contributed by atoms with van der Waals surface area (Å²) in [6.45, 7) is 7.34. The summed E-state index contributed by atoms with van der Waals surface area (Å²) < 4.78 is 22.7. The topological polar surface area (TPSA) is 136 Å². The number of aliphatic hydroxyl groups is 1. The summed E-state index contributed by atoms with van der Waals surface area (Å²) in [4.78, 5) is 40.4. The number of methoxy groups -OCH3 is 2. The van der Waals surface area contributed by atoms with Crippen LogP contribution in [0.2, 0.25) is 5.02 Å². The molecule has 1 unspecified atom stereocenters. The van der Waals surface area contributed by atoms with Crippen LogP contribution in [0.4, 0.5) is 10.5 Å². The molecule has 2 aliphatic rings. The molecule has 0 saturated carbocycles. The summed E-state index contributed by atoms with van der Waals surface area (Å²) in [5.41, 5.74) is 0.699. The first kappa shape index (κ1) is 36.3. The molecule has 4 bridgehead atoms. The van der Waals surface area contributed by atoms with Crippen LogP contribution in [-0.2, 0) is 30.2 Å². The second-order valence-electron chi connectivity index (χ2n) is 12.4. The van der Waals surface area contributed by atoms with E-state index in [4.69, 9.17) is 30.5 Å². The fraction of sp³-hybridized carbons (Fsp3) is 0.606. The van der Waals surface area contributed by atoms with E-state index in [-0.39, 0.29) is 42.3 Å². The highest BCUT2D eigenvalue weighted by atomic mass is 35.5. The normalized spacial score (nSPS) is 32.0. The molecular weight excluding hydrogens is 602 g/mol. The summed E-state index contributed by atoms with van der Waals surface area (Å²) in [5, 5.41) is 17.7. The number of carbonyl (C=O) groups is 3. The second-order valence-corrected chi connectivity index (χ2v) is 12.8. The van der Waals surface area contributed by atoms with Crippen molar-refractivity contribution in [1.29, 1.82) is 0 Å². The molecule has 12 heteroatoms. The van der Waals surface area contributed by atoms with Gasteiger partial charge in [-0.05, 0) is 63.3 Å². The molecule has 3 rings (SSSR count). The Morgan fingerprint density at radius 3 is 2.62 bits per heavy atom. The molecule has 2 aliphatic heterocycles. The molecule has 0 radical (unpaired) electrons. The van der Waals surface area contributed by atoms with Crippen molar-refractivity contribution in [2.45, 2.75) is 83.3 Å². The van der Waals surface area contributed by atoms with E-state index < -0.39 is 41.9 Å². The van der Waals surface area contributed by atoms with Crippen LogP contribution in [0.5, 0.6) is 5.75 Å². The van der Waals surface area contributed by atoms with Gasteiger partial charge in [-0.15, -0.1) is 0 Å². The predicted octanol–water partition coefficient (Wildman–Crippen LogP) is 4.19. The van der Waals surface area contributed by atoms with Crippen molar-refractivity contribution in [2.75, 3.05) is 39.8 Å². The average Bonchev–Trinajstić information content (AvgIpc) is 2.98. The van der Waals surface area contributed by atoms with Crippen LogP contribution >= 0.6 is 11.6 Å². The molecule has 3 N–H and O–H groups in total. The number of likely N-dealkylation sites (N-methyl/N-ethyl adjacent to an activating group) is 1. The van der Waals surface area contributed by atoms with E-state index in [2.05, 4.69) is 10.6 Å². The van der Waals surface area contributed by atoms with Gasteiger partial charge in [0.05, 0.1) is 43.5 Å². The minimum absolute atomic E-state index is 0.0952. The average molecular weight is 650 g/mol. The number of carbonyl (C=O) groups excluding carboxylic acids is 3. The maximum Gasteiger partial charge on any atom is 0.407 e. The van der Waals surface area contributed by atoms with Gasteiger partial charge in [-0.1, -0.05) is 49.2 Å². The standard InChI is InChI=1S/C33H48ClN3O8/c1-19-10-9-11-25(42-7)23-15-26(44-32(40)36-23)21(3)20(2)17-33(4,41)28(45-30(39)18-35-5)16-29(38)37(6)24-13-22(12-19)14-27(43-8)31(24)34/h9-11,13-14,20-21,23,25-26,28,35,41H,12,15-18H2,1-8H3,(H,36,40)/b11-9+,19-10+/t20-,21-,23?,25+,26-,28-,33+/m0/s1. The Bertz CT molecular complexity index is 1280. The molecule has 1 fully saturated rings. The number of hydrogen-bond donors (Lipinski definition) is 3. The fourth-order valence-corrected chi connectivity index (χ4v) is 6.25. The molecule has 1 aromatic rings. The number of esters is 1. The molecule has 2 amide bonds. The van der Waals surface area contributed by atoms with Gasteiger partial charge < -0.3 is 39.6 Å². The highest BCUT2D eigenvalue weighted by Crippen LogP contribution is 2.38. The number of fused-ring (bicyclic) bond motifs is 4. The fourth-order valence-electron chi connectivity index (χ4n) is 5.94. The Morgan fingerprint density at radius 1 is 1.27 bits per heavy atom. The first-order valence-corrected chi connectivity index (χ1v) is 15.6. The van der Waals surface area contributed by atoms with Crippen molar-refractivity contribution in [1.82, 2.24) is 10.6 Å². The van der Waals surface area contributed by atoms with Crippen LogP contribution in [0.25, 0.3) is 0 Å². The number of hydrogen-bond acceptors (Lipinski definition) is 9. The van der Waals surface area contributed by atoms with Crippen molar-refractivity contribution >= 4 is 35.3 Å². The molecule has 0 aliphatic carbocycles.